The van der Waals surface area contributed by atoms with Crippen LogP contribution < -0.4 is 10.2 Å². The number of nitrogens with zero attached hydrogens (tertiary/aromatic N) is 1. The number of rotatable bonds is 8. The highest BCUT2D eigenvalue weighted by molar-refractivity contribution is 9.10. The lowest BCUT2D eigenvalue weighted by atomic mass is 10.2. The minimum Gasteiger partial charge on any atom is -0.383 e. The standard InChI is InChI=1S/C14H23BrN2O/c1-4-16-11-12-6-7-14(13(15)10-12)17(5-2)8-9-18-3/h6-7,10,16H,4-5,8-9,11H2,1-3H3. The fraction of sp³-hybridized carbons (Fsp3) is 0.571. The number of hydrogen-bond donors (Lipinski definition) is 1. The van der Waals surface area contributed by atoms with E-state index in [1.807, 2.05) is 0 Å². The van der Waals surface area contributed by atoms with Crippen molar-refractivity contribution in [3.05, 3.63) is 28.2 Å². The number of nitrogens with one attached hydrogen (secondary N) is 1. The summed E-state index contributed by atoms with van der Waals surface area (Å²) in [5.74, 6) is 0. The third-order valence-corrected chi connectivity index (χ3v) is 3.51. The highest BCUT2D eigenvalue weighted by Gasteiger charge is 2.08. The Labute approximate surface area is 119 Å². The molecule has 0 spiro atoms. The van der Waals surface area contributed by atoms with Crippen LogP contribution in [0.3, 0.4) is 0 Å². The summed E-state index contributed by atoms with van der Waals surface area (Å²) in [7, 11) is 1.74. The van der Waals surface area contributed by atoms with E-state index in [2.05, 4.69) is 58.2 Å². The average molecular weight is 315 g/mol. The molecule has 3 nitrogen and oxygen atoms in total. The van der Waals surface area contributed by atoms with E-state index in [-0.39, 0.29) is 0 Å². The van der Waals surface area contributed by atoms with Crippen molar-refractivity contribution < 1.29 is 4.74 Å². The van der Waals surface area contributed by atoms with E-state index in [4.69, 9.17) is 4.74 Å². The van der Waals surface area contributed by atoms with Gasteiger partial charge in [0.1, 0.15) is 0 Å². The zero-order valence-corrected chi connectivity index (χ0v) is 13.1. The van der Waals surface area contributed by atoms with Crippen LogP contribution in [-0.2, 0) is 11.3 Å². The van der Waals surface area contributed by atoms with Crippen molar-refractivity contribution >= 4 is 21.6 Å². The van der Waals surface area contributed by atoms with Gasteiger partial charge in [-0.25, -0.2) is 0 Å². The number of anilines is 1. The summed E-state index contributed by atoms with van der Waals surface area (Å²) in [6.45, 7) is 8.83. The number of hydrogen-bond acceptors (Lipinski definition) is 3. The van der Waals surface area contributed by atoms with E-state index in [0.717, 1.165) is 37.3 Å². The third kappa shape index (κ3) is 4.59. The van der Waals surface area contributed by atoms with Crippen molar-refractivity contribution in [2.75, 3.05) is 38.3 Å². The van der Waals surface area contributed by atoms with Crippen LogP contribution in [0.25, 0.3) is 0 Å². The van der Waals surface area contributed by atoms with Crippen molar-refractivity contribution in [2.45, 2.75) is 20.4 Å². The van der Waals surface area contributed by atoms with E-state index in [1.54, 1.807) is 7.11 Å². The molecule has 0 saturated carbocycles. The summed E-state index contributed by atoms with van der Waals surface area (Å²) >= 11 is 3.66. The largest absolute Gasteiger partial charge is 0.383 e. The van der Waals surface area contributed by atoms with Gasteiger partial charge < -0.3 is 15.0 Å². The summed E-state index contributed by atoms with van der Waals surface area (Å²) in [4.78, 5) is 2.31. The Morgan fingerprint density at radius 3 is 2.67 bits per heavy atom. The summed E-state index contributed by atoms with van der Waals surface area (Å²) < 4.78 is 6.29. The molecule has 1 N–H and O–H groups in total. The molecule has 1 aromatic rings. The summed E-state index contributed by atoms with van der Waals surface area (Å²) in [6, 6.07) is 6.54. The van der Waals surface area contributed by atoms with E-state index in [0.29, 0.717) is 0 Å². The Morgan fingerprint density at radius 1 is 1.33 bits per heavy atom. The van der Waals surface area contributed by atoms with Gasteiger partial charge in [0, 0.05) is 31.2 Å². The van der Waals surface area contributed by atoms with Gasteiger partial charge in [0.25, 0.3) is 0 Å². The Morgan fingerprint density at radius 2 is 2.11 bits per heavy atom. The lowest BCUT2D eigenvalue weighted by Crippen LogP contribution is -2.27. The monoisotopic (exact) mass is 314 g/mol. The molecule has 0 aliphatic heterocycles. The van der Waals surface area contributed by atoms with Crippen LogP contribution in [0.5, 0.6) is 0 Å². The first kappa shape index (κ1) is 15.5. The quantitative estimate of drug-likeness (QED) is 0.798. The Hall–Kier alpha value is -0.580. The topological polar surface area (TPSA) is 24.5 Å². The predicted molar refractivity (Wildman–Crippen MR) is 81.3 cm³/mol. The van der Waals surface area contributed by atoms with Crippen LogP contribution in [0.1, 0.15) is 19.4 Å². The molecule has 0 amide bonds. The molecular weight excluding hydrogens is 292 g/mol. The van der Waals surface area contributed by atoms with Gasteiger partial charge >= 0.3 is 0 Å². The second-order valence-corrected chi connectivity index (χ2v) is 4.99. The van der Waals surface area contributed by atoms with Crippen LogP contribution in [0.15, 0.2) is 22.7 Å². The van der Waals surface area contributed by atoms with Gasteiger partial charge in [0.15, 0.2) is 0 Å². The molecule has 0 aliphatic carbocycles. The van der Waals surface area contributed by atoms with E-state index >= 15 is 0 Å². The Bertz CT molecular complexity index is 358. The third-order valence-electron chi connectivity index (χ3n) is 2.88. The second-order valence-electron chi connectivity index (χ2n) is 4.14. The zero-order valence-electron chi connectivity index (χ0n) is 11.5. The molecule has 0 heterocycles. The number of likely N-dealkylation sites (N-methyl/N-ethyl adjacent to an activating group) is 1. The van der Waals surface area contributed by atoms with Crippen molar-refractivity contribution in [3.8, 4) is 0 Å². The Kier molecular flexibility index (Phi) is 7.32. The molecule has 0 aromatic heterocycles. The van der Waals surface area contributed by atoms with E-state index in [9.17, 15) is 0 Å². The van der Waals surface area contributed by atoms with Crippen molar-refractivity contribution in [3.63, 3.8) is 0 Å². The van der Waals surface area contributed by atoms with Crippen LogP contribution in [0.4, 0.5) is 5.69 Å². The molecule has 0 saturated heterocycles. The first-order chi connectivity index (χ1) is 8.72. The molecule has 0 fully saturated rings. The number of benzene rings is 1. The summed E-state index contributed by atoms with van der Waals surface area (Å²) in [5, 5.41) is 3.33. The maximum absolute atomic E-state index is 5.15. The van der Waals surface area contributed by atoms with Crippen LogP contribution >= 0.6 is 15.9 Å². The summed E-state index contributed by atoms with van der Waals surface area (Å²) in [6.07, 6.45) is 0. The first-order valence-corrected chi connectivity index (χ1v) is 7.25. The van der Waals surface area contributed by atoms with Crippen molar-refractivity contribution in [1.29, 1.82) is 0 Å². The highest BCUT2D eigenvalue weighted by Crippen LogP contribution is 2.27. The maximum Gasteiger partial charge on any atom is 0.0637 e. The maximum atomic E-state index is 5.15. The van der Waals surface area contributed by atoms with Crippen molar-refractivity contribution in [1.82, 2.24) is 5.32 Å². The van der Waals surface area contributed by atoms with Gasteiger partial charge in [-0.1, -0.05) is 13.0 Å². The molecule has 4 heteroatoms. The molecule has 18 heavy (non-hydrogen) atoms. The van der Waals surface area contributed by atoms with Gasteiger partial charge in [0.2, 0.25) is 0 Å². The minimum absolute atomic E-state index is 0.749. The zero-order chi connectivity index (χ0) is 13.4. The van der Waals surface area contributed by atoms with Gasteiger partial charge in [-0.3, -0.25) is 0 Å². The van der Waals surface area contributed by atoms with Crippen LogP contribution in [0, 0.1) is 0 Å². The van der Waals surface area contributed by atoms with E-state index in [1.165, 1.54) is 11.3 Å². The van der Waals surface area contributed by atoms with Crippen LogP contribution in [0.2, 0.25) is 0 Å². The lowest BCUT2D eigenvalue weighted by Gasteiger charge is -2.24. The summed E-state index contributed by atoms with van der Waals surface area (Å²) in [5.41, 5.74) is 2.53. The van der Waals surface area contributed by atoms with Gasteiger partial charge in [-0.15, -0.1) is 0 Å². The normalized spacial score (nSPS) is 10.7. The molecule has 0 aliphatic rings. The SMILES string of the molecule is CCNCc1ccc(N(CC)CCOC)c(Br)c1. The van der Waals surface area contributed by atoms with Gasteiger partial charge in [0.05, 0.1) is 12.3 Å². The fourth-order valence-electron chi connectivity index (χ4n) is 1.84. The number of ether oxygens (including phenoxy) is 1. The van der Waals surface area contributed by atoms with E-state index < -0.39 is 0 Å². The predicted octanol–water partition coefficient (Wildman–Crippen LogP) is 3.03. The molecule has 1 aromatic carbocycles. The van der Waals surface area contributed by atoms with Gasteiger partial charge in [-0.2, -0.15) is 0 Å². The molecule has 102 valence electrons. The van der Waals surface area contributed by atoms with Crippen LogP contribution in [-0.4, -0.2) is 33.4 Å². The molecule has 0 radical (unpaired) electrons. The fourth-order valence-corrected chi connectivity index (χ4v) is 2.51. The number of halogens is 1. The molecule has 0 atom stereocenters. The smallest absolute Gasteiger partial charge is 0.0637 e. The second kappa shape index (κ2) is 8.51. The highest BCUT2D eigenvalue weighted by atomic mass is 79.9. The lowest BCUT2D eigenvalue weighted by molar-refractivity contribution is 0.205. The molecule has 1 rings (SSSR count). The molecule has 0 bridgehead atoms. The number of methoxy groups -OCH3 is 1. The average Bonchev–Trinajstić information content (AvgIpc) is 2.39. The minimum atomic E-state index is 0.749. The molecular formula is C14H23BrN2O. The van der Waals surface area contributed by atoms with Gasteiger partial charge in [-0.05, 0) is 47.1 Å². The molecule has 0 unspecified atom stereocenters. The first-order valence-electron chi connectivity index (χ1n) is 6.45. The van der Waals surface area contributed by atoms with Crippen molar-refractivity contribution in [2.24, 2.45) is 0 Å². The Balaban J connectivity index is 2.75.